The number of nitrogens with zero attached hydrogens (tertiary/aromatic N) is 1. The maximum atomic E-state index is 10.9. The topological polar surface area (TPSA) is 55.2 Å². The van der Waals surface area contributed by atoms with Crippen LogP contribution in [-0.4, -0.2) is 4.92 Å². The second kappa shape index (κ2) is 6.63. The van der Waals surface area contributed by atoms with Gasteiger partial charge in [-0.2, -0.15) is 0 Å². The third-order valence-corrected chi connectivity index (χ3v) is 3.78. The van der Waals surface area contributed by atoms with Crippen LogP contribution in [-0.2, 0) is 13.1 Å². The normalized spacial score (nSPS) is 10.5. The third-order valence-electron chi connectivity index (χ3n) is 3.11. The molecule has 0 aliphatic rings. The van der Waals surface area contributed by atoms with Gasteiger partial charge in [0.1, 0.15) is 0 Å². The fraction of sp³-hybridized carbons (Fsp3) is 0.200. The van der Waals surface area contributed by atoms with Gasteiger partial charge in [0.2, 0.25) is 0 Å². The SMILES string of the molecule is Cc1ccccc1CNCc1ccc(Br)c([N+](=O)[O-])c1. The number of hydrogen-bond acceptors (Lipinski definition) is 3. The molecule has 0 unspecified atom stereocenters. The minimum absolute atomic E-state index is 0.0974. The Balaban J connectivity index is 2.00. The van der Waals surface area contributed by atoms with Crippen LogP contribution in [0.4, 0.5) is 5.69 Å². The first kappa shape index (κ1) is 14.7. The van der Waals surface area contributed by atoms with Crippen molar-refractivity contribution in [3.8, 4) is 0 Å². The largest absolute Gasteiger partial charge is 0.309 e. The summed E-state index contributed by atoms with van der Waals surface area (Å²) < 4.78 is 0.505. The van der Waals surface area contributed by atoms with Crippen molar-refractivity contribution in [2.75, 3.05) is 0 Å². The number of nitro benzene ring substituents is 1. The molecule has 5 heteroatoms. The molecule has 0 saturated heterocycles. The highest BCUT2D eigenvalue weighted by Gasteiger charge is 2.11. The van der Waals surface area contributed by atoms with Crippen molar-refractivity contribution in [2.24, 2.45) is 0 Å². The van der Waals surface area contributed by atoms with E-state index in [0.717, 1.165) is 12.1 Å². The Bertz CT molecular complexity index is 629. The minimum atomic E-state index is -0.380. The first-order valence-electron chi connectivity index (χ1n) is 6.26. The summed E-state index contributed by atoms with van der Waals surface area (Å²) in [4.78, 5) is 10.5. The minimum Gasteiger partial charge on any atom is -0.309 e. The van der Waals surface area contributed by atoms with Crippen molar-refractivity contribution in [3.05, 3.63) is 73.7 Å². The first-order valence-corrected chi connectivity index (χ1v) is 7.05. The van der Waals surface area contributed by atoms with Gasteiger partial charge in [-0.05, 0) is 45.6 Å². The maximum absolute atomic E-state index is 10.9. The van der Waals surface area contributed by atoms with Crippen LogP contribution in [0.1, 0.15) is 16.7 Å². The fourth-order valence-corrected chi connectivity index (χ4v) is 2.35. The van der Waals surface area contributed by atoms with E-state index < -0.39 is 0 Å². The van der Waals surface area contributed by atoms with Gasteiger partial charge in [0.15, 0.2) is 0 Å². The Hall–Kier alpha value is -1.72. The van der Waals surface area contributed by atoms with Crippen LogP contribution in [0.15, 0.2) is 46.9 Å². The number of hydrogen-bond donors (Lipinski definition) is 1. The van der Waals surface area contributed by atoms with Crippen LogP contribution in [0.3, 0.4) is 0 Å². The van der Waals surface area contributed by atoms with Crippen LogP contribution >= 0.6 is 15.9 Å². The van der Waals surface area contributed by atoms with Crippen molar-refractivity contribution in [2.45, 2.75) is 20.0 Å². The van der Waals surface area contributed by atoms with Crippen molar-refractivity contribution in [1.82, 2.24) is 5.32 Å². The van der Waals surface area contributed by atoms with Gasteiger partial charge in [-0.15, -0.1) is 0 Å². The van der Waals surface area contributed by atoms with Crippen LogP contribution in [0.25, 0.3) is 0 Å². The van der Waals surface area contributed by atoms with Gasteiger partial charge >= 0.3 is 0 Å². The molecule has 2 rings (SSSR count). The standard InChI is InChI=1S/C15H15BrN2O2/c1-11-4-2-3-5-13(11)10-17-9-12-6-7-14(16)15(8-12)18(19)20/h2-8,17H,9-10H2,1H3. The van der Waals surface area contributed by atoms with E-state index in [2.05, 4.69) is 40.3 Å². The Morgan fingerprint density at radius 1 is 1.20 bits per heavy atom. The molecular formula is C15H15BrN2O2. The molecule has 0 amide bonds. The van der Waals surface area contributed by atoms with E-state index in [1.54, 1.807) is 12.1 Å². The van der Waals surface area contributed by atoms with E-state index in [1.165, 1.54) is 11.1 Å². The smallest absolute Gasteiger partial charge is 0.283 e. The van der Waals surface area contributed by atoms with Gasteiger partial charge in [0, 0.05) is 19.2 Å². The number of benzene rings is 2. The van der Waals surface area contributed by atoms with E-state index in [1.807, 2.05) is 18.2 Å². The maximum Gasteiger partial charge on any atom is 0.283 e. The molecule has 0 spiro atoms. The summed E-state index contributed by atoms with van der Waals surface area (Å²) in [6, 6.07) is 13.3. The van der Waals surface area contributed by atoms with E-state index in [0.29, 0.717) is 11.0 Å². The van der Waals surface area contributed by atoms with Gasteiger partial charge < -0.3 is 5.32 Å². The molecule has 0 aliphatic heterocycles. The van der Waals surface area contributed by atoms with Crippen LogP contribution in [0, 0.1) is 17.0 Å². The molecule has 1 N–H and O–H groups in total. The van der Waals surface area contributed by atoms with Crippen LogP contribution in [0.2, 0.25) is 0 Å². The van der Waals surface area contributed by atoms with Crippen molar-refractivity contribution in [3.63, 3.8) is 0 Å². The summed E-state index contributed by atoms with van der Waals surface area (Å²) in [5.74, 6) is 0. The lowest BCUT2D eigenvalue weighted by Crippen LogP contribution is -2.13. The predicted octanol–water partition coefficient (Wildman–Crippen LogP) is 3.96. The Morgan fingerprint density at radius 2 is 1.95 bits per heavy atom. The lowest BCUT2D eigenvalue weighted by atomic mass is 10.1. The van der Waals surface area contributed by atoms with Gasteiger partial charge in [0.05, 0.1) is 9.40 Å². The number of halogens is 1. The number of nitrogens with one attached hydrogen (secondary N) is 1. The predicted molar refractivity (Wildman–Crippen MR) is 82.5 cm³/mol. The molecule has 0 heterocycles. The van der Waals surface area contributed by atoms with Gasteiger partial charge in [-0.25, -0.2) is 0 Å². The molecule has 0 atom stereocenters. The number of aryl methyl sites for hydroxylation is 1. The zero-order valence-electron chi connectivity index (χ0n) is 11.1. The Kier molecular flexibility index (Phi) is 4.87. The lowest BCUT2D eigenvalue weighted by molar-refractivity contribution is -0.385. The zero-order valence-corrected chi connectivity index (χ0v) is 12.7. The molecule has 0 bridgehead atoms. The molecule has 4 nitrogen and oxygen atoms in total. The lowest BCUT2D eigenvalue weighted by Gasteiger charge is -2.08. The molecule has 0 saturated carbocycles. The highest BCUT2D eigenvalue weighted by Crippen LogP contribution is 2.25. The number of rotatable bonds is 5. The van der Waals surface area contributed by atoms with E-state index >= 15 is 0 Å². The molecule has 2 aromatic carbocycles. The summed E-state index contributed by atoms with van der Waals surface area (Å²) in [7, 11) is 0. The van der Waals surface area contributed by atoms with Crippen molar-refractivity contribution >= 4 is 21.6 Å². The third kappa shape index (κ3) is 3.65. The molecule has 2 aromatic rings. The molecular weight excluding hydrogens is 320 g/mol. The van der Waals surface area contributed by atoms with Gasteiger partial charge in [-0.1, -0.05) is 30.3 Å². The molecule has 0 aromatic heterocycles. The molecule has 0 radical (unpaired) electrons. The molecule has 20 heavy (non-hydrogen) atoms. The second-order valence-corrected chi connectivity index (χ2v) is 5.43. The van der Waals surface area contributed by atoms with E-state index in [-0.39, 0.29) is 10.6 Å². The quantitative estimate of drug-likeness (QED) is 0.665. The summed E-state index contributed by atoms with van der Waals surface area (Å²) in [6.07, 6.45) is 0. The summed E-state index contributed by atoms with van der Waals surface area (Å²) in [6.45, 7) is 3.42. The van der Waals surface area contributed by atoms with Gasteiger partial charge in [-0.3, -0.25) is 10.1 Å². The average molecular weight is 335 g/mol. The molecule has 0 aliphatic carbocycles. The molecule has 104 valence electrons. The van der Waals surface area contributed by atoms with E-state index in [4.69, 9.17) is 0 Å². The average Bonchev–Trinajstić information content (AvgIpc) is 2.42. The highest BCUT2D eigenvalue weighted by molar-refractivity contribution is 9.10. The van der Waals surface area contributed by atoms with Crippen LogP contribution in [0.5, 0.6) is 0 Å². The fourth-order valence-electron chi connectivity index (χ4n) is 1.96. The second-order valence-electron chi connectivity index (χ2n) is 4.57. The van der Waals surface area contributed by atoms with Crippen LogP contribution < -0.4 is 5.32 Å². The van der Waals surface area contributed by atoms with Crippen molar-refractivity contribution < 1.29 is 4.92 Å². The van der Waals surface area contributed by atoms with Gasteiger partial charge in [0.25, 0.3) is 5.69 Å². The highest BCUT2D eigenvalue weighted by atomic mass is 79.9. The Labute approximate surface area is 126 Å². The first-order chi connectivity index (χ1) is 9.58. The Morgan fingerprint density at radius 3 is 2.65 bits per heavy atom. The van der Waals surface area contributed by atoms with Crippen molar-refractivity contribution in [1.29, 1.82) is 0 Å². The zero-order chi connectivity index (χ0) is 14.5. The summed E-state index contributed by atoms with van der Waals surface area (Å²) >= 11 is 3.18. The molecule has 0 fully saturated rings. The summed E-state index contributed by atoms with van der Waals surface area (Å²) in [5.41, 5.74) is 3.47. The summed E-state index contributed by atoms with van der Waals surface area (Å²) in [5, 5.41) is 14.2. The van der Waals surface area contributed by atoms with E-state index in [9.17, 15) is 10.1 Å². The number of nitro groups is 1. The monoisotopic (exact) mass is 334 g/mol.